The SMILES string of the molecule is CCc1cccc2c(C(=O)[C@@H](OC(=O)CCc3c(C)[nH]c(=O)c(C#N)c3C)c3ccccc3)c[nH]c12. The monoisotopic (exact) mass is 481 g/mol. The minimum Gasteiger partial charge on any atom is -0.449 e. The number of aromatic amines is 2. The van der Waals surface area contributed by atoms with Crippen LogP contribution in [0.2, 0.25) is 0 Å². The zero-order valence-corrected chi connectivity index (χ0v) is 20.5. The maximum absolute atomic E-state index is 13.7. The highest BCUT2D eigenvalue weighted by molar-refractivity contribution is 6.11. The molecule has 0 saturated carbocycles. The molecule has 4 aromatic rings. The number of pyridine rings is 1. The van der Waals surface area contributed by atoms with Crippen LogP contribution in [0, 0.1) is 25.2 Å². The van der Waals surface area contributed by atoms with E-state index in [-0.39, 0.29) is 24.2 Å². The minimum absolute atomic E-state index is 0.0108. The van der Waals surface area contributed by atoms with Gasteiger partial charge in [0.2, 0.25) is 5.78 Å². The molecule has 2 aromatic carbocycles. The van der Waals surface area contributed by atoms with Crippen molar-refractivity contribution in [1.29, 1.82) is 5.26 Å². The molecular weight excluding hydrogens is 454 g/mol. The third kappa shape index (κ3) is 4.71. The predicted molar refractivity (Wildman–Crippen MR) is 137 cm³/mol. The number of carbonyl (C=O) groups excluding carboxylic acids is 2. The van der Waals surface area contributed by atoms with Crippen LogP contribution in [0.25, 0.3) is 10.9 Å². The van der Waals surface area contributed by atoms with Gasteiger partial charge in [0.05, 0.1) is 0 Å². The average Bonchev–Trinajstić information content (AvgIpc) is 3.31. The predicted octanol–water partition coefficient (Wildman–Crippen LogP) is 5.01. The number of hydrogen-bond acceptors (Lipinski definition) is 5. The minimum atomic E-state index is -1.10. The van der Waals surface area contributed by atoms with Gasteiger partial charge in [-0.2, -0.15) is 5.26 Å². The summed E-state index contributed by atoms with van der Waals surface area (Å²) in [5, 5.41) is 10.1. The van der Waals surface area contributed by atoms with Crippen LogP contribution in [0.1, 0.15) is 63.3 Å². The van der Waals surface area contributed by atoms with Gasteiger partial charge in [0, 0.05) is 40.3 Å². The largest absolute Gasteiger partial charge is 0.449 e. The summed E-state index contributed by atoms with van der Waals surface area (Å²) in [5.41, 5.74) is 4.51. The van der Waals surface area contributed by atoms with Crippen molar-refractivity contribution in [3.8, 4) is 6.07 Å². The number of H-pyrrole nitrogens is 2. The summed E-state index contributed by atoms with van der Waals surface area (Å²) in [4.78, 5) is 44.5. The van der Waals surface area contributed by atoms with E-state index in [0.717, 1.165) is 28.5 Å². The number of Topliss-reactive ketones (excluding diaryl/α,β-unsaturated/α-hetero) is 1. The molecule has 0 saturated heterocycles. The fraction of sp³-hybridized carbons (Fsp3) is 0.241. The second kappa shape index (κ2) is 10.4. The maximum Gasteiger partial charge on any atom is 0.307 e. The normalized spacial score (nSPS) is 11.7. The van der Waals surface area contributed by atoms with Gasteiger partial charge in [-0.15, -0.1) is 0 Å². The zero-order valence-electron chi connectivity index (χ0n) is 20.5. The first-order chi connectivity index (χ1) is 17.3. The van der Waals surface area contributed by atoms with Crippen molar-refractivity contribution in [2.24, 2.45) is 0 Å². The summed E-state index contributed by atoms with van der Waals surface area (Å²) in [5.74, 6) is -0.855. The van der Waals surface area contributed by atoms with Crippen molar-refractivity contribution in [3.05, 3.63) is 104 Å². The molecular formula is C29H27N3O4. The van der Waals surface area contributed by atoms with E-state index in [4.69, 9.17) is 4.74 Å². The Hall–Kier alpha value is -4.44. The number of esters is 1. The number of nitriles is 1. The molecule has 0 bridgehead atoms. The van der Waals surface area contributed by atoms with E-state index in [1.54, 1.807) is 44.3 Å². The van der Waals surface area contributed by atoms with Gasteiger partial charge in [0.1, 0.15) is 11.6 Å². The third-order valence-electron chi connectivity index (χ3n) is 6.54. The van der Waals surface area contributed by atoms with Gasteiger partial charge in [0.25, 0.3) is 5.56 Å². The van der Waals surface area contributed by atoms with Crippen LogP contribution in [0.5, 0.6) is 0 Å². The van der Waals surface area contributed by atoms with Crippen LogP contribution in [0.4, 0.5) is 0 Å². The van der Waals surface area contributed by atoms with Crippen molar-refractivity contribution in [2.45, 2.75) is 46.1 Å². The van der Waals surface area contributed by atoms with Crippen molar-refractivity contribution in [2.75, 3.05) is 0 Å². The lowest BCUT2D eigenvalue weighted by atomic mass is 9.97. The summed E-state index contributed by atoms with van der Waals surface area (Å²) >= 11 is 0. The molecule has 1 atom stereocenters. The summed E-state index contributed by atoms with van der Waals surface area (Å²) in [6.07, 6.45) is 1.65. The number of hydrogen-bond donors (Lipinski definition) is 2. The van der Waals surface area contributed by atoms with Crippen molar-refractivity contribution in [3.63, 3.8) is 0 Å². The molecule has 0 aliphatic heterocycles. The van der Waals surface area contributed by atoms with Crippen LogP contribution < -0.4 is 5.56 Å². The van der Waals surface area contributed by atoms with E-state index >= 15 is 0 Å². The highest BCUT2D eigenvalue weighted by Gasteiger charge is 2.28. The molecule has 182 valence electrons. The Morgan fingerprint density at radius 1 is 1.08 bits per heavy atom. The fourth-order valence-corrected chi connectivity index (χ4v) is 4.60. The van der Waals surface area contributed by atoms with E-state index in [1.807, 2.05) is 30.3 Å². The Balaban J connectivity index is 1.61. The molecule has 4 rings (SSSR count). The van der Waals surface area contributed by atoms with Crippen LogP contribution in [-0.4, -0.2) is 21.7 Å². The molecule has 0 aliphatic carbocycles. The first kappa shape index (κ1) is 24.7. The quantitative estimate of drug-likeness (QED) is 0.271. The number of nitrogens with one attached hydrogen (secondary N) is 2. The number of rotatable bonds is 8. The lowest BCUT2D eigenvalue weighted by Crippen LogP contribution is -2.21. The summed E-state index contributed by atoms with van der Waals surface area (Å²) in [6.45, 7) is 5.48. The van der Waals surface area contributed by atoms with E-state index < -0.39 is 17.6 Å². The fourth-order valence-electron chi connectivity index (χ4n) is 4.60. The Kier molecular flexibility index (Phi) is 7.16. The topological polar surface area (TPSA) is 116 Å². The van der Waals surface area contributed by atoms with Crippen LogP contribution in [0.15, 0.2) is 59.5 Å². The molecule has 0 unspecified atom stereocenters. The number of ether oxygens (including phenoxy) is 1. The molecule has 0 amide bonds. The van der Waals surface area contributed by atoms with E-state index in [9.17, 15) is 19.6 Å². The zero-order chi connectivity index (χ0) is 25.8. The smallest absolute Gasteiger partial charge is 0.307 e. The second-order valence-electron chi connectivity index (χ2n) is 8.71. The molecule has 2 N–H and O–H groups in total. The van der Waals surface area contributed by atoms with Gasteiger partial charge in [-0.1, -0.05) is 55.5 Å². The Morgan fingerprint density at radius 3 is 2.53 bits per heavy atom. The van der Waals surface area contributed by atoms with Crippen molar-refractivity contribution < 1.29 is 14.3 Å². The Labute approximate surface area is 208 Å². The lowest BCUT2D eigenvalue weighted by molar-refractivity contribution is -0.147. The number of aromatic nitrogens is 2. The number of para-hydroxylation sites is 1. The number of benzene rings is 2. The van der Waals surface area contributed by atoms with Gasteiger partial charge in [0.15, 0.2) is 6.10 Å². The van der Waals surface area contributed by atoms with Gasteiger partial charge in [-0.25, -0.2) is 0 Å². The van der Waals surface area contributed by atoms with E-state index in [1.165, 1.54) is 0 Å². The highest BCUT2D eigenvalue weighted by atomic mass is 16.5. The molecule has 36 heavy (non-hydrogen) atoms. The molecule has 0 radical (unpaired) electrons. The van der Waals surface area contributed by atoms with E-state index in [2.05, 4.69) is 16.9 Å². The van der Waals surface area contributed by atoms with Crippen molar-refractivity contribution >= 4 is 22.7 Å². The molecule has 7 heteroatoms. The first-order valence-corrected chi connectivity index (χ1v) is 11.9. The molecule has 0 fully saturated rings. The Bertz CT molecular complexity index is 1540. The number of aryl methyl sites for hydroxylation is 2. The second-order valence-corrected chi connectivity index (χ2v) is 8.71. The number of ketones is 1. The van der Waals surface area contributed by atoms with Gasteiger partial charge >= 0.3 is 5.97 Å². The summed E-state index contributed by atoms with van der Waals surface area (Å²) in [7, 11) is 0. The standard InChI is InChI=1S/C29H27N3O4/c1-4-19-11-8-12-22-24(16-31-26(19)22)27(34)28(20-9-6-5-7-10-20)36-25(33)14-13-21-17(2)23(15-30)29(35)32-18(21)3/h5-12,16,28,31H,4,13-14H2,1-3H3,(H,32,35)/t28-/m0/s1. The summed E-state index contributed by atoms with van der Waals surface area (Å²) in [6, 6.07) is 16.7. The number of nitrogens with zero attached hydrogens (tertiary/aromatic N) is 1. The van der Waals surface area contributed by atoms with E-state index in [0.29, 0.717) is 22.4 Å². The average molecular weight is 482 g/mol. The molecule has 0 spiro atoms. The summed E-state index contributed by atoms with van der Waals surface area (Å²) < 4.78 is 5.77. The lowest BCUT2D eigenvalue weighted by Gasteiger charge is -2.18. The molecule has 7 nitrogen and oxygen atoms in total. The van der Waals surface area contributed by atoms with Crippen molar-refractivity contribution in [1.82, 2.24) is 9.97 Å². The van der Waals surface area contributed by atoms with Crippen LogP contribution >= 0.6 is 0 Å². The molecule has 0 aliphatic rings. The van der Waals surface area contributed by atoms with Gasteiger partial charge in [-0.05, 0) is 43.4 Å². The first-order valence-electron chi connectivity index (χ1n) is 11.9. The third-order valence-corrected chi connectivity index (χ3v) is 6.54. The maximum atomic E-state index is 13.7. The molecule has 2 heterocycles. The van der Waals surface area contributed by atoms with Gasteiger partial charge in [-0.3, -0.25) is 14.4 Å². The van der Waals surface area contributed by atoms with Crippen LogP contribution in [0.3, 0.4) is 0 Å². The Morgan fingerprint density at radius 2 is 1.83 bits per heavy atom. The van der Waals surface area contributed by atoms with Crippen LogP contribution in [-0.2, 0) is 22.4 Å². The number of fused-ring (bicyclic) bond motifs is 1. The van der Waals surface area contributed by atoms with Gasteiger partial charge < -0.3 is 14.7 Å². The number of carbonyl (C=O) groups is 2. The highest BCUT2D eigenvalue weighted by Crippen LogP contribution is 2.29. The molecule has 2 aromatic heterocycles.